The van der Waals surface area contributed by atoms with Crippen LogP contribution in [0, 0.1) is 0 Å². The van der Waals surface area contributed by atoms with Crippen LogP contribution in [-0.2, 0) is 13.3 Å². The molecule has 0 bridgehead atoms. The van der Waals surface area contributed by atoms with Crippen molar-refractivity contribution in [2.24, 2.45) is 0 Å². The zero-order valence-electron chi connectivity index (χ0n) is 20.3. The third-order valence-corrected chi connectivity index (χ3v) is 15.5. The molecule has 0 radical (unpaired) electrons. The molecule has 0 aromatic rings. The van der Waals surface area contributed by atoms with Crippen molar-refractivity contribution in [2.75, 3.05) is 26.9 Å². The van der Waals surface area contributed by atoms with Gasteiger partial charge in [-0.25, -0.2) is 0 Å². The molecule has 0 rings (SSSR count). The van der Waals surface area contributed by atoms with Crippen LogP contribution in [0.4, 0.5) is 0 Å². The van der Waals surface area contributed by atoms with Crippen LogP contribution in [0.2, 0.25) is 38.8 Å². The van der Waals surface area contributed by atoms with E-state index in [9.17, 15) is 0 Å². The maximum Gasteiger partial charge on any atom is 0.500 e. The minimum Gasteiger partial charge on any atom is -0.374 e. The van der Waals surface area contributed by atoms with Crippen LogP contribution >= 0.6 is 0 Å². The topological polar surface area (TPSA) is 30.9 Å². The number of hydrogen-bond donors (Lipinski definition) is 0. The summed E-state index contributed by atoms with van der Waals surface area (Å²) < 4.78 is 20.1. The SMILES string of the molecule is CCCCCCCC[Si](OCC)(OCC)OCC.CN([SiH](C)C)[Si](C)(C)C. The Balaban J connectivity index is 0. The average Bonchev–Trinajstić information content (AvgIpc) is 2.58. The molecule has 0 unspecified atom stereocenters. The van der Waals surface area contributed by atoms with Crippen LogP contribution in [0.5, 0.6) is 0 Å². The Bertz CT molecular complexity index is 309. The average molecular weight is 438 g/mol. The molecular formula is C20H51NO3Si3. The van der Waals surface area contributed by atoms with Crippen LogP contribution in [0.3, 0.4) is 0 Å². The van der Waals surface area contributed by atoms with E-state index in [0.717, 1.165) is 12.5 Å². The van der Waals surface area contributed by atoms with E-state index in [1.54, 1.807) is 0 Å². The molecule has 0 saturated heterocycles. The number of hydrogen-bond acceptors (Lipinski definition) is 4. The van der Waals surface area contributed by atoms with E-state index < -0.39 is 26.0 Å². The lowest BCUT2D eigenvalue weighted by Gasteiger charge is -2.33. The zero-order chi connectivity index (χ0) is 21.3. The molecule has 0 aliphatic rings. The van der Waals surface area contributed by atoms with Crippen LogP contribution in [0.25, 0.3) is 0 Å². The molecule has 0 aromatic heterocycles. The van der Waals surface area contributed by atoms with E-state index in [1.807, 2.05) is 20.8 Å². The first-order valence-electron chi connectivity index (χ1n) is 11.2. The second kappa shape index (κ2) is 17.4. The van der Waals surface area contributed by atoms with E-state index in [-0.39, 0.29) is 0 Å². The molecule has 0 fully saturated rings. The van der Waals surface area contributed by atoms with Crippen molar-refractivity contribution >= 4 is 26.0 Å². The first-order chi connectivity index (χ1) is 12.6. The molecular weight excluding hydrogens is 386 g/mol. The standard InChI is InChI=1S/C14H32O3Si.C6H19NSi2/c1-5-9-10-11-12-13-14-18(15-6-2,16-7-3)17-8-4;1-7(8(2)3)9(4,5)6/h5-14H2,1-4H3;8H,1-6H3. The summed E-state index contributed by atoms with van der Waals surface area (Å²) in [7, 11) is -1.51. The van der Waals surface area contributed by atoms with Crippen molar-refractivity contribution < 1.29 is 13.3 Å². The molecule has 0 amide bonds. The van der Waals surface area contributed by atoms with Gasteiger partial charge in [0.1, 0.15) is 8.24 Å². The number of nitrogens with zero attached hydrogens (tertiary/aromatic N) is 1. The Kier molecular flexibility index (Phi) is 19.1. The van der Waals surface area contributed by atoms with Crippen molar-refractivity contribution in [3.63, 3.8) is 0 Å². The van der Waals surface area contributed by atoms with Crippen molar-refractivity contribution in [3.8, 4) is 0 Å². The highest BCUT2D eigenvalue weighted by Crippen LogP contribution is 2.20. The maximum absolute atomic E-state index is 5.83. The molecule has 0 heterocycles. The normalized spacial score (nSPS) is 12.4. The molecule has 0 atom stereocenters. The number of rotatable bonds is 15. The maximum atomic E-state index is 5.83. The Morgan fingerprint density at radius 1 is 0.704 bits per heavy atom. The van der Waals surface area contributed by atoms with Gasteiger partial charge in [0.15, 0.2) is 0 Å². The van der Waals surface area contributed by atoms with Gasteiger partial charge in [-0.05, 0) is 34.2 Å². The highest BCUT2D eigenvalue weighted by atomic mass is 28.4. The van der Waals surface area contributed by atoms with E-state index in [4.69, 9.17) is 13.3 Å². The fourth-order valence-corrected chi connectivity index (χ4v) is 11.8. The summed E-state index contributed by atoms with van der Waals surface area (Å²) in [6, 6.07) is 0.967. The fraction of sp³-hybridized carbons (Fsp3) is 1.00. The fourth-order valence-electron chi connectivity index (χ4n) is 2.90. The van der Waals surface area contributed by atoms with Gasteiger partial charge >= 0.3 is 8.80 Å². The first-order valence-corrected chi connectivity index (χ1v) is 19.4. The number of unbranched alkanes of at least 4 members (excludes halogenated alkanes) is 5. The smallest absolute Gasteiger partial charge is 0.374 e. The Morgan fingerprint density at radius 2 is 1.11 bits per heavy atom. The lowest BCUT2D eigenvalue weighted by Crippen LogP contribution is -2.49. The van der Waals surface area contributed by atoms with Crippen LogP contribution in [-0.4, -0.2) is 57.1 Å². The highest BCUT2D eigenvalue weighted by Gasteiger charge is 2.39. The molecule has 0 aliphatic heterocycles. The van der Waals surface area contributed by atoms with Gasteiger partial charge in [-0.2, -0.15) is 0 Å². The van der Waals surface area contributed by atoms with Gasteiger partial charge in [0.05, 0.1) is 8.96 Å². The van der Waals surface area contributed by atoms with Gasteiger partial charge in [-0.3, -0.25) is 0 Å². The van der Waals surface area contributed by atoms with Crippen molar-refractivity contribution in [1.82, 2.24) is 4.23 Å². The minimum absolute atomic E-state index is 0.495. The highest BCUT2D eigenvalue weighted by molar-refractivity contribution is 6.82. The van der Waals surface area contributed by atoms with E-state index in [2.05, 4.69) is 50.9 Å². The molecule has 7 heteroatoms. The monoisotopic (exact) mass is 437 g/mol. The second-order valence-corrected chi connectivity index (χ2v) is 19.6. The summed E-state index contributed by atoms with van der Waals surface area (Å²) in [5, 5.41) is 0. The molecule has 0 N–H and O–H groups in total. The Hall–Kier alpha value is 0.491. The van der Waals surface area contributed by atoms with Gasteiger partial charge in [0.25, 0.3) is 0 Å². The summed E-state index contributed by atoms with van der Waals surface area (Å²) in [5.74, 6) is 0. The molecule has 166 valence electrons. The zero-order valence-corrected chi connectivity index (χ0v) is 23.5. The van der Waals surface area contributed by atoms with Crippen LogP contribution < -0.4 is 0 Å². The van der Waals surface area contributed by atoms with Crippen molar-refractivity contribution in [3.05, 3.63) is 0 Å². The lowest BCUT2D eigenvalue weighted by molar-refractivity contribution is 0.0706. The van der Waals surface area contributed by atoms with E-state index >= 15 is 0 Å². The van der Waals surface area contributed by atoms with Crippen molar-refractivity contribution in [2.45, 2.75) is 105 Å². The summed E-state index contributed by atoms with van der Waals surface area (Å²) in [4.78, 5) is 0. The molecule has 4 nitrogen and oxygen atoms in total. The lowest BCUT2D eigenvalue weighted by atomic mass is 10.1. The van der Waals surface area contributed by atoms with Gasteiger partial charge < -0.3 is 17.5 Å². The van der Waals surface area contributed by atoms with E-state index in [1.165, 1.54) is 32.1 Å². The van der Waals surface area contributed by atoms with E-state index in [0.29, 0.717) is 19.8 Å². The predicted octanol–water partition coefficient (Wildman–Crippen LogP) is 6.13. The Morgan fingerprint density at radius 3 is 1.41 bits per heavy atom. The summed E-state index contributed by atoms with van der Waals surface area (Å²) in [6.07, 6.45) is 7.75. The van der Waals surface area contributed by atoms with Crippen LogP contribution in [0.15, 0.2) is 0 Å². The van der Waals surface area contributed by atoms with Gasteiger partial charge in [-0.1, -0.05) is 71.8 Å². The quantitative estimate of drug-likeness (QED) is 0.228. The largest absolute Gasteiger partial charge is 0.500 e. The van der Waals surface area contributed by atoms with Gasteiger partial charge in [0.2, 0.25) is 0 Å². The molecule has 0 saturated carbocycles. The molecule has 0 spiro atoms. The molecule has 0 aromatic carbocycles. The van der Waals surface area contributed by atoms with Crippen molar-refractivity contribution in [1.29, 1.82) is 0 Å². The van der Waals surface area contributed by atoms with Gasteiger partial charge in [-0.15, -0.1) is 0 Å². The summed E-state index contributed by atoms with van der Waals surface area (Å²) in [6.45, 7) is 22.3. The third-order valence-electron chi connectivity index (χ3n) is 4.76. The minimum atomic E-state index is -2.36. The first kappa shape index (κ1) is 29.7. The van der Waals surface area contributed by atoms with Crippen LogP contribution in [0.1, 0.15) is 66.2 Å². The third kappa shape index (κ3) is 16.0. The summed E-state index contributed by atoms with van der Waals surface area (Å²) >= 11 is 0. The molecule has 0 aliphatic carbocycles. The second-order valence-electron chi connectivity index (χ2n) is 8.38. The Labute approximate surface area is 175 Å². The predicted molar refractivity (Wildman–Crippen MR) is 129 cm³/mol. The van der Waals surface area contributed by atoms with Gasteiger partial charge in [0, 0.05) is 25.9 Å². The molecule has 27 heavy (non-hydrogen) atoms. The summed E-state index contributed by atoms with van der Waals surface area (Å²) in [5.41, 5.74) is 0.